The Balaban J connectivity index is 3.02. The van der Waals surface area contributed by atoms with Crippen LogP contribution in [-0.2, 0) is 6.42 Å². The highest BCUT2D eigenvalue weighted by Crippen LogP contribution is 2.26. The maximum atomic E-state index is 4.43. The summed E-state index contributed by atoms with van der Waals surface area (Å²) < 4.78 is 0. The molecular weight excluding hydrogens is 236 g/mol. The molecule has 0 spiro atoms. The molecule has 1 unspecified atom stereocenters. The third-order valence-corrected chi connectivity index (χ3v) is 3.44. The maximum absolute atomic E-state index is 4.43. The number of hydrogen-bond donors (Lipinski definition) is 2. The van der Waals surface area contributed by atoms with E-state index < -0.39 is 0 Å². The smallest absolute Gasteiger partial charge is 0.134 e. The van der Waals surface area contributed by atoms with Crippen molar-refractivity contribution in [3.8, 4) is 0 Å². The van der Waals surface area contributed by atoms with Crippen LogP contribution in [0.3, 0.4) is 0 Å². The van der Waals surface area contributed by atoms with Gasteiger partial charge >= 0.3 is 0 Å². The van der Waals surface area contributed by atoms with Crippen molar-refractivity contribution in [2.24, 2.45) is 5.41 Å². The molecule has 0 aromatic carbocycles. The Hall–Kier alpha value is -1.32. The van der Waals surface area contributed by atoms with Crippen LogP contribution in [0.5, 0.6) is 0 Å². The molecule has 0 amide bonds. The Morgan fingerprint density at radius 1 is 1.16 bits per heavy atom. The molecule has 1 heterocycles. The third kappa shape index (κ3) is 4.37. The Bertz CT molecular complexity index is 396. The van der Waals surface area contributed by atoms with Crippen LogP contribution in [0.25, 0.3) is 0 Å². The average Bonchev–Trinajstić information content (AvgIpc) is 2.32. The second-order valence-electron chi connectivity index (χ2n) is 6.06. The minimum absolute atomic E-state index is 0.201. The molecule has 0 saturated carbocycles. The summed E-state index contributed by atoms with van der Waals surface area (Å²) in [6, 6.07) is 0.354. The van der Waals surface area contributed by atoms with Gasteiger partial charge in [0.25, 0.3) is 0 Å². The molecule has 0 fully saturated rings. The Kier molecular flexibility index (Phi) is 5.58. The van der Waals surface area contributed by atoms with E-state index in [0.29, 0.717) is 6.04 Å². The Morgan fingerprint density at radius 2 is 1.79 bits per heavy atom. The summed E-state index contributed by atoms with van der Waals surface area (Å²) in [5.41, 5.74) is 1.40. The summed E-state index contributed by atoms with van der Waals surface area (Å²) in [6.45, 7) is 14.0. The molecule has 2 N–H and O–H groups in total. The second-order valence-corrected chi connectivity index (χ2v) is 6.06. The lowest BCUT2D eigenvalue weighted by atomic mass is 9.88. The van der Waals surface area contributed by atoms with E-state index in [2.05, 4.69) is 62.1 Å². The first-order chi connectivity index (χ1) is 8.90. The molecule has 0 radical (unpaired) electrons. The van der Waals surface area contributed by atoms with Crippen molar-refractivity contribution < 1.29 is 0 Å². The van der Waals surface area contributed by atoms with Crippen LogP contribution < -0.4 is 10.6 Å². The summed E-state index contributed by atoms with van der Waals surface area (Å²) in [7, 11) is 0. The highest BCUT2D eigenvalue weighted by molar-refractivity contribution is 5.57. The van der Waals surface area contributed by atoms with Gasteiger partial charge in [0, 0.05) is 18.2 Å². The van der Waals surface area contributed by atoms with Crippen LogP contribution in [-0.4, -0.2) is 22.6 Å². The fourth-order valence-corrected chi connectivity index (χ4v) is 1.76. The topological polar surface area (TPSA) is 49.8 Å². The third-order valence-electron chi connectivity index (χ3n) is 3.44. The molecule has 4 nitrogen and oxygen atoms in total. The van der Waals surface area contributed by atoms with E-state index >= 15 is 0 Å². The van der Waals surface area contributed by atoms with Crippen molar-refractivity contribution in [2.75, 3.05) is 17.2 Å². The zero-order chi connectivity index (χ0) is 14.5. The predicted octanol–water partition coefficient (Wildman–Crippen LogP) is 3.71. The lowest BCUT2D eigenvalue weighted by Crippen LogP contribution is -2.31. The van der Waals surface area contributed by atoms with Gasteiger partial charge in [-0.3, -0.25) is 0 Å². The van der Waals surface area contributed by atoms with Gasteiger partial charge in [0.1, 0.15) is 18.0 Å². The van der Waals surface area contributed by atoms with Gasteiger partial charge in [-0.2, -0.15) is 0 Å². The minimum atomic E-state index is 0.201. The summed E-state index contributed by atoms with van der Waals surface area (Å²) in [4.78, 5) is 8.79. The SMILES string of the molecule is CCCc1c(NCC)ncnc1NC(C)C(C)(C)C. The molecule has 1 aromatic rings. The standard InChI is InChI=1S/C15H28N4/c1-7-9-12-13(16-8-2)17-10-18-14(12)19-11(3)15(4,5)6/h10-11H,7-9H2,1-6H3,(H2,16,17,18,19). The van der Waals surface area contributed by atoms with Gasteiger partial charge < -0.3 is 10.6 Å². The van der Waals surface area contributed by atoms with Crippen LogP contribution in [0.1, 0.15) is 53.5 Å². The molecule has 4 heteroatoms. The number of aromatic nitrogens is 2. The van der Waals surface area contributed by atoms with Gasteiger partial charge in [-0.1, -0.05) is 34.1 Å². The minimum Gasteiger partial charge on any atom is -0.370 e. The van der Waals surface area contributed by atoms with Gasteiger partial charge in [-0.15, -0.1) is 0 Å². The zero-order valence-corrected chi connectivity index (χ0v) is 13.2. The molecule has 1 rings (SSSR count). The van der Waals surface area contributed by atoms with E-state index in [4.69, 9.17) is 0 Å². The van der Waals surface area contributed by atoms with Gasteiger partial charge in [0.05, 0.1) is 0 Å². The fourth-order valence-electron chi connectivity index (χ4n) is 1.76. The molecule has 108 valence electrons. The first-order valence-corrected chi connectivity index (χ1v) is 7.24. The highest BCUT2D eigenvalue weighted by Gasteiger charge is 2.21. The summed E-state index contributed by atoms with van der Waals surface area (Å²) in [5.74, 6) is 1.93. The van der Waals surface area contributed by atoms with E-state index in [0.717, 1.165) is 31.0 Å². The van der Waals surface area contributed by atoms with E-state index in [9.17, 15) is 0 Å². The van der Waals surface area contributed by atoms with Crippen molar-refractivity contribution in [3.05, 3.63) is 11.9 Å². The Labute approximate surface area is 117 Å². The fraction of sp³-hybridized carbons (Fsp3) is 0.733. The van der Waals surface area contributed by atoms with E-state index in [-0.39, 0.29) is 5.41 Å². The predicted molar refractivity (Wildman–Crippen MR) is 82.7 cm³/mol. The normalized spacial score (nSPS) is 13.2. The van der Waals surface area contributed by atoms with Gasteiger partial charge in [-0.05, 0) is 25.7 Å². The molecule has 0 bridgehead atoms. The number of nitrogens with one attached hydrogen (secondary N) is 2. The summed E-state index contributed by atoms with van der Waals surface area (Å²) in [5, 5.41) is 6.87. The number of rotatable bonds is 6. The quantitative estimate of drug-likeness (QED) is 0.822. The van der Waals surface area contributed by atoms with Crippen LogP contribution in [0.4, 0.5) is 11.6 Å². The first-order valence-electron chi connectivity index (χ1n) is 7.24. The average molecular weight is 264 g/mol. The van der Waals surface area contributed by atoms with Crippen molar-refractivity contribution in [1.82, 2.24) is 9.97 Å². The van der Waals surface area contributed by atoms with Gasteiger partial charge in [0.15, 0.2) is 0 Å². The molecular formula is C15H28N4. The van der Waals surface area contributed by atoms with Crippen LogP contribution in [0.15, 0.2) is 6.33 Å². The summed E-state index contributed by atoms with van der Waals surface area (Å²) >= 11 is 0. The molecule has 0 saturated heterocycles. The molecule has 1 aromatic heterocycles. The van der Waals surface area contributed by atoms with E-state index in [1.165, 1.54) is 5.56 Å². The first kappa shape index (κ1) is 15.7. The van der Waals surface area contributed by atoms with Crippen LogP contribution in [0, 0.1) is 5.41 Å². The molecule has 0 aliphatic rings. The number of hydrogen-bond acceptors (Lipinski definition) is 4. The summed E-state index contributed by atoms with van der Waals surface area (Å²) in [6.07, 6.45) is 3.71. The van der Waals surface area contributed by atoms with E-state index in [1.807, 2.05) is 0 Å². The van der Waals surface area contributed by atoms with Gasteiger partial charge in [-0.25, -0.2) is 9.97 Å². The zero-order valence-electron chi connectivity index (χ0n) is 13.2. The van der Waals surface area contributed by atoms with Crippen LogP contribution >= 0.6 is 0 Å². The number of nitrogens with zero attached hydrogens (tertiary/aromatic N) is 2. The molecule has 1 atom stereocenters. The van der Waals surface area contributed by atoms with Crippen molar-refractivity contribution >= 4 is 11.6 Å². The van der Waals surface area contributed by atoms with Crippen molar-refractivity contribution in [2.45, 2.75) is 60.4 Å². The number of anilines is 2. The van der Waals surface area contributed by atoms with Gasteiger partial charge in [0.2, 0.25) is 0 Å². The largest absolute Gasteiger partial charge is 0.370 e. The maximum Gasteiger partial charge on any atom is 0.134 e. The van der Waals surface area contributed by atoms with Crippen molar-refractivity contribution in [1.29, 1.82) is 0 Å². The molecule has 0 aliphatic heterocycles. The lowest BCUT2D eigenvalue weighted by molar-refractivity contribution is 0.358. The van der Waals surface area contributed by atoms with E-state index in [1.54, 1.807) is 6.33 Å². The molecule has 0 aliphatic carbocycles. The van der Waals surface area contributed by atoms with Crippen LogP contribution in [0.2, 0.25) is 0 Å². The highest BCUT2D eigenvalue weighted by atomic mass is 15.1. The lowest BCUT2D eigenvalue weighted by Gasteiger charge is -2.29. The molecule has 19 heavy (non-hydrogen) atoms. The Morgan fingerprint density at radius 3 is 2.32 bits per heavy atom. The monoisotopic (exact) mass is 264 g/mol. The van der Waals surface area contributed by atoms with Crippen molar-refractivity contribution in [3.63, 3.8) is 0 Å². The second kappa shape index (κ2) is 6.73.